The van der Waals surface area contributed by atoms with Crippen LogP contribution in [0.4, 0.5) is 0 Å². The molecule has 3 heteroatoms. The molecule has 1 amide bonds. The molecular formula is C20H28N2O. The standard InChI is InChI=1S/C20H28N2O/c1-5-22(4)14-13-20(15(2)3,19(21)23)18-12-8-10-16-9-6-7-11-17(16)18/h6-12,15H,5,13-14H2,1-4H3,(H2,21,23)/t20-/m0/s1. The summed E-state index contributed by atoms with van der Waals surface area (Å²) in [6.45, 7) is 8.12. The van der Waals surface area contributed by atoms with Gasteiger partial charge in [-0.25, -0.2) is 0 Å². The molecule has 0 fully saturated rings. The van der Waals surface area contributed by atoms with Gasteiger partial charge in [0.2, 0.25) is 5.91 Å². The van der Waals surface area contributed by atoms with Gasteiger partial charge in [-0.1, -0.05) is 63.2 Å². The number of benzene rings is 2. The summed E-state index contributed by atoms with van der Waals surface area (Å²) in [5, 5.41) is 2.28. The van der Waals surface area contributed by atoms with E-state index in [2.05, 4.69) is 57.0 Å². The number of amides is 1. The zero-order valence-corrected chi connectivity index (χ0v) is 14.7. The molecule has 1 atom stereocenters. The Hall–Kier alpha value is -1.87. The number of carbonyl (C=O) groups excluding carboxylic acids is 1. The van der Waals surface area contributed by atoms with Gasteiger partial charge in [-0.2, -0.15) is 0 Å². The van der Waals surface area contributed by atoms with Crippen molar-refractivity contribution in [1.82, 2.24) is 4.90 Å². The van der Waals surface area contributed by atoms with E-state index in [4.69, 9.17) is 5.73 Å². The van der Waals surface area contributed by atoms with Crippen molar-refractivity contribution >= 4 is 16.7 Å². The maximum Gasteiger partial charge on any atom is 0.228 e. The van der Waals surface area contributed by atoms with Crippen LogP contribution in [0.25, 0.3) is 10.8 Å². The lowest BCUT2D eigenvalue weighted by molar-refractivity contribution is -0.125. The van der Waals surface area contributed by atoms with Gasteiger partial charge in [0, 0.05) is 0 Å². The van der Waals surface area contributed by atoms with E-state index in [0.29, 0.717) is 0 Å². The molecule has 2 aromatic carbocycles. The zero-order valence-electron chi connectivity index (χ0n) is 14.7. The van der Waals surface area contributed by atoms with Crippen LogP contribution >= 0.6 is 0 Å². The van der Waals surface area contributed by atoms with E-state index in [0.717, 1.165) is 35.8 Å². The highest BCUT2D eigenvalue weighted by atomic mass is 16.1. The van der Waals surface area contributed by atoms with E-state index in [1.807, 2.05) is 18.2 Å². The first-order valence-corrected chi connectivity index (χ1v) is 8.40. The fourth-order valence-electron chi connectivity index (χ4n) is 3.41. The van der Waals surface area contributed by atoms with Gasteiger partial charge in [0.1, 0.15) is 0 Å². The first kappa shape index (κ1) is 17.5. The van der Waals surface area contributed by atoms with Crippen molar-refractivity contribution < 1.29 is 4.79 Å². The normalized spacial score (nSPS) is 14.3. The Balaban J connectivity index is 2.62. The molecule has 0 heterocycles. The molecule has 2 aromatic rings. The topological polar surface area (TPSA) is 46.3 Å². The van der Waals surface area contributed by atoms with Gasteiger partial charge in [-0.3, -0.25) is 4.79 Å². The third kappa shape index (κ3) is 3.25. The molecule has 0 radical (unpaired) electrons. The fraction of sp³-hybridized carbons (Fsp3) is 0.450. The first-order valence-electron chi connectivity index (χ1n) is 8.40. The lowest BCUT2D eigenvalue weighted by atomic mass is 9.67. The SMILES string of the molecule is CCN(C)CC[C@@](C(N)=O)(c1cccc2ccccc12)C(C)C. The van der Waals surface area contributed by atoms with E-state index >= 15 is 0 Å². The van der Waals surface area contributed by atoms with Gasteiger partial charge in [0.15, 0.2) is 0 Å². The molecule has 2 rings (SSSR count). The van der Waals surface area contributed by atoms with Crippen LogP contribution in [0.3, 0.4) is 0 Å². The highest BCUT2D eigenvalue weighted by molar-refractivity contribution is 5.95. The summed E-state index contributed by atoms with van der Waals surface area (Å²) in [6.07, 6.45) is 0.734. The molecule has 0 aliphatic carbocycles. The second-order valence-electron chi connectivity index (χ2n) is 6.66. The minimum absolute atomic E-state index is 0.135. The van der Waals surface area contributed by atoms with Gasteiger partial charge in [0.25, 0.3) is 0 Å². The van der Waals surface area contributed by atoms with Crippen molar-refractivity contribution in [2.75, 3.05) is 20.1 Å². The van der Waals surface area contributed by atoms with E-state index in [-0.39, 0.29) is 11.8 Å². The first-order chi connectivity index (χ1) is 10.9. The number of fused-ring (bicyclic) bond motifs is 1. The van der Waals surface area contributed by atoms with Crippen LogP contribution < -0.4 is 5.73 Å². The Kier molecular flexibility index (Phi) is 5.42. The van der Waals surface area contributed by atoms with E-state index in [9.17, 15) is 4.79 Å². The Morgan fingerprint density at radius 2 is 1.83 bits per heavy atom. The van der Waals surface area contributed by atoms with Crippen molar-refractivity contribution in [2.24, 2.45) is 11.7 Å². The van der Waals surface area contributed by atoms with Crippen LogP contribution in [0.2, 0.25) is 0 Å². The van der Waals surface area contributed by atoms with E-state index in [1.54, 1.807) is 0 Å². The maximum atomic E-state index is 12.6. The Labute approximate surface area is 139 Å². The molecule has 2 N–H and O–H groups in total. The quantitative estimate of drug-likeness (QED) is 0.849. The van der Waals surface area contributed by atoms with Crippen LogP contribution in [0.1, 0.15) is 32.8 Å². The Bertz CT molecular complexity index is 675. The predicted octanol–water partition coefficient (Wildman–Crippen LogP) is 3.56. The molecule has 23 heavy (non-hydrogen) atoms. The smallest absolute Gasteiger partial charge is 0.228 e. The fourth-order valence-corrected chi connectivity index (χ4v) is 3.41. The van der Waals surface area contributed by atoms with Gasteiger partial charge in [0.05, 0.1) is 5.41 Å². The molecule has 0 unspecified atom stereocenters. The number of primary amides is 1. The molecule has 0 aromatic heterocycles. The van der Waals surface area contributed by atoms with E-state index < -0.39 is 5.41 Å². The number of hydrogen-bond donors (Lipinski definition) is 1. The molecule has 0 saturated carbocycles. The average Bonchev–Trinajstić information content (AvgIpc) is 2.54. The number of carbonyl (C=O) groups is 1. The molecule has 3 nitrogen and oxygen atoms in total. The number of hydrogen-bond acceptors (Lipinski definition) is 2. The minimum Gasteiger partial charge on any atom is -0.369 e. The lowest BCUT2D eigenvalue weighted by Gasteiger charge is -2.37. The summed E-state index contributed by atoms with van der Waals surface area (Å²) in [6, 6.07) is 14.4. The van der Waals surface area contributed by atoms with Crippen molar-refractivity contribution in [2.45, 2.75) is 32.6 Å². The summed E-state index contributed by atoms with van der Waals surface area (Å²) in [5.74, 6) is -0.0931. The summed E-state index contributed by atoms with van der Waals surface area (Å²) < 4.78 is 0. The summed E-state index contributed by atoms with van der Waals surface area (Å²) in [7, 11) is 2.08. The number of nitrogens with two attached hydrogens (primary N) is 1. The molecule has 0 spiro atoms. The van der Waals surface area contributed by atoms with Gasteiger partial charge in [-0.15, -0.1) is 0 Å². The number of nitrogens with zero attached hydrogens (tertiary/aromatic N) is 1. The van der Waals surface area contributed by atoms with Gasteiger partial charge < -0.3 is 10.6 Å². The largest absolute Gasteiger partial charge is 0.369 e. The summed E-state index contributed by atoms with van der Waals surface area (Å²) in [5.41, 5.74) is 6.38. The van der Waals surface area contributed by atoms with E-state index in [1.165, 1.54) is 0 Å². The van der Waals surface area contributed by atoms with Crippen molar-refractivity contribution in [3.63, 3.8) is 0 Å². The summed E-state index contributed by atoms with van der Waals surface area (Å²) in [4.78, 5) is 14.8. The molecular weight excluding hydrogens is 284 g/mol. The Morgan fingerprint density at radius 3 is 2.43 bits per heavy atom. The molecule has 0 bridgehead atoms. The third-order valence-electron chi connectivity index (χ3n) is 5.12. The van der Waals surface area contributed by atoms with Gasteiger partial charge in [-0.05, 0) is 48.8 Å². The van der Waals surface area contributed by atoms with Crippen LogP contribution in [0.5, 0.6) is 0 Å². The molecule has 0 aliphatic rings. The molecule has 0 saturated heterocycles. The zero-order chi connectivity index (χ0) is 17.0. The highest BCUT2D eigenvalue weighted by Gasteiger charge is 2.42. The number of rotatable bonds is 7. The van der Waals surface area contributed by atoms with Crippen LogP contribution in [-0.2, 0) is 10.2 Å². The van der Waals surface area contributed by atoms with Crippen molar-refractivity contribution in [3.8, 4) is 0 Å². The van der Waals surface area contributed by atoms with Crippen LogP contribution in [-0.4, -0.2) is 30.9 Å². The second-order valence-corrected chi connectivity index (χ2v) is 6.66. The van der Waals surface area contributed by atoms with Crippen LogP contribution in [0.15, 0.2) is 42.5 Å². The monoisotopic (exact) mass is 312 g/mol. The molecule has 124 valence electrons. The van der Waals surface area contributed by atoms with Crippen molar-refractivity contribution in [3.05, 3.63) is 48.0 Å². The second kappa shape index (κ2) is 7.14. The maximum absolute atomic E-state index is 12.6. The van der Waals surface area contributed by atoms with Crippen molar-refractivity contribution in [1.29, 1.82) is 0 Å². The predicted molar refractivity (Wildman–Crippen MR) is 97.4 cm³/mol. The Morgan fingerprint density at radius 1 is 1.17 bits per heavy atom. The highest BCUT2D eigenvalue weighted by Crippen LogP contribution is 2.39. The lowest BCUT2D eigenvalue weighted by Crippen LogP contribution is -2.47. The van der Waals surface area contributed by atoms with Crippen LogP contribution in [0, 0.1) is 5.92 Å². The third-order valence-corrected chi connectivity index (χ3v) is 5.12. The molecule has 0 aliphatic heterocycles. The average molecular weight is 312 g/mol. The minimum atomic E-state index is -0.649. The summed E-state index contributed by atoms with van der Waals surface area (Å²) >= 11 is 0. The van der Waals surface area contributed by atoms with Gasteiger partial charge >= 0.3 is 0 Å².